The van der Waals surface area contributed by atoms with E-state index in [1.807, 2.05) is 0 Å². The summed E-state index contributed by atoms with van der Waals surface area (Å²) in [6, 6.07) is 0. The molecule has 10 heteroatoms. The van der Waals surface area contributed by atoms with Gasteiger partial charge < -0.3 is 28.8 Å². The van der Waals surface area contributed by atoms with Gasteiger partial charge in [0.25, 0.3) is 25.9 Å². The summed E-state index contributed by atoms with van der Waals surface area (Å²) in [6.45, 7) is -0.150. The number of aliphatic hydroxyl groups is 1. The largest absolute Gasteiger partial charge is 0.465 e. The molecule has 0 aromatic rings. The second-order valence-electron chi connectivity index (χ2n) is 3.59. The second-order valence-corrected chi connectivity index (χ2v) is 3.59. The van der Waals surface area contributed by atoms with Gasteiger partial charge in [-0.3, -0.25) is 19.2 Å². The van der Waals surface area contributed by atoms with Crippen LogP contribution in [0, 0.1) is 0 Å². The van der Waals surface area contributed by atoms with E-state index in [0.717, 1.165) is 0 Å². The summed E-state index contributed by atoms with van der Waals surface area (Å²) in [4.78, 5) is 41.5. The maximum absolute atomic E-state index is 10.5. The molecule has 1 fully saturated rings. The van der Waals surface area contributed by atoms with E-state index in [1.54, 1.807) is 0 Å². The predicted molar refractivity (Wildman–Crippen MR) is 55.7 cm³/mol. The number of hydrogen-bond donors (Lipinski definition) is 1. The van der Waals surface area contributed by atoms with E-state index in [4.69, 9.17) is 9.47 Å². The maximum atomic E-state index is 10.5. The van der Waals surface area contributed by atoms with Gasteiger partial charge in [0, 0.05) is 0 Å². The lowest BCUT2D eigenvalue weighted by Gasteiger charge is -2.41. The Balaban J connectivity index is 2.94. The predicted octanol–water partition coefficient (Wildman–Crippen LogP) is -2.50. The molecule has 0 bridgehead atoms. The number of ether oxygens (including phenoxy) is 5. The van der Waals surface area contributed by atoms with E-state index in [-0.39, 0.29) is 32.5 Å². The van der Waals surface area contributed by atoms with E-state index in [1.165, 1.54) is 0 Å². The first-order chi connectivity index (χ1) is 9.69. The van der Waals surface area contributed by atoms with Crippen molar-refractivity contribution in [3.63, 3.8) is 0 Å². The first kappa shape index (κ1) is 15.9. The highest BCUT2D eigenvalue weighted by Crippen LogP contribution is 2.26. The van der Waals surface area contributed by atoms with Gasteiger partial charge in [0.2, 0.25) is 0 Å². The van der Waals surface area contributed by atoms with Crippen LogP contribution in [0.25, 0.3) is 0 Å². The molecule has 5 atom stereocenters. The smallest absolute Gasteiger partial charge is 0.293 e. The van der Waals surface area contributed by atoms with Crippen molar-refractivity contribution in [2.45, 2.75) is 30.7 Å². The van der Waals surface area contributed by atoms with Crippen LogP contribution in [-0.2, 0) is 42.9 Å². The molecule has 0 unspecified atom stereocenters. The number of carbonyl (C=O) groups excluding carboxylic acids is 4. The van der Waals surface area contributed by atoms with Crippen LogP contribution in [-0.4, -0.2) is 68.3 Å². The van der Waals surface area contributed by atoms with E-state index < -0.39 is 30.7 Å². The van der Waals surface area contributed by atoms with Crippen molar-refractivity contribution < 1.29 is 48.0 Å². The van der Waals surface area contributed by atoms with E-state index in [2.05, 4.69) is 14.2 Å². The fraction of sp³-hybridized carbons (Fsp3) is 0.600. The molecule has 1 N–H and O–H groups in total. The molecule has 1 aliphatic heterocycles. The Morgan fingerprint density at radius 2 is 1.40 bits per heavy atom. The van der Waals surface area contributed by atoms with Gasteiger partial charge in [0.1, 0.15) is 12.7 Å². The SMILES string of the molecule is O=COC[C@H]1O[C@H](O)[C@H](OC=O)[C@@H](OC=O)[C@@H]1OC=O. The average molecular weight is 292 g/mol. The van der Waals surface area contributed by atoms with Crippen molar-refractivity contribution >= 4 is 25.9 Å². The van der Waals surface area contributed by atoms with Gasteiger partial charge in [0.15, 0.2) is 24.6 Å². The first-order valence-corrected chi connectivity index (χ1v) is 5.35. The quantitative estimate of drug-likeness (QED) is 0.359. The fourth-order valence-corrected chi connectivity index (χ4v) is 1.82. The number of aliphatic hydroxyl groups excluding tert-OH is 1. The zero-order valence-electron chi connectivity index (χ0n) is 10.0. The van der Waals surface area contributed by atoms with Crippen LogP contribution >= 0.6 is 0 Å². The van der Waals surface area contributed by atoms with Gasteiger partial charge in [-0.1, -0.05) is 0 Å². The molecule has 0 aromatic heterocycles. The van der Waals surface area contributed by atoms with E-state index in [9.17, 15) is 24.3 Å². The molecule has 0 amide bonds. The lowest BCUT2D eigenvalue weighted by molar-refractivity contribution is -0.290. The summed E-state index contributed by atoms with van der Waals surface area (Å²) >= 11 is 0. The third-order valence-corrected chi connectivity index (χ3v) is 2.58. The van der Waals surface area contributed by atoms with E-state index in [0.29, 0.717) is 0 Å². The Bertz CT molecular complexity index is 345. The van der Waals surface area contributed by atoms with Crippen molar-refractivity contribution in [3.8, 4) is 0 Å². The molecule has 0 aliphatic carbocycles. The molecule has 20 heavy (non-hydrogen) atoms. The minimum atomic E-state index is -1.66. The Morgan fingerprint density at radius 3 is 1.95 bits per heavy atom. The Labute approximate surface area is 112 Å². The lowest BCUT2D eigenvalue weighted by atomic mass is 9.98. The Kier molecular flexibility index (Phi) is 6.40. The van der Waals surface area contributed by atoms with Gasteiger partial charge >= 0.3 is 0 Å². The Hall–Kier alpha value is -2.20. The molecular formula is C10H12O10. The summed E-state index contributed by atoms with van der Waals surface area (Å²) in [7, 11) is 0. The second kappa shape index (κ2) is 8.07. The van der Waals surface area contributed by atoms with Crippen LogP contribution in [0.15, 0.2) is 0 Å². The summed E-state index contributed by atoms with van der Waals surface area (Å²) in [5.74, 6) is 0. The van der Waals surface area contributed by atoms with Gasteiger partial charge in [-0.05, 0) is 0 Å². The number of rotatable bonds is 9. The van der Waals surface area contributed by atoms with Gasteiger partial charge in [0.05, 0.1) is 0 Å². The van der Waals surface area contributed by atoms with Crippen LogP contribution in [0.5, 0.6) is 0 Å². The number of hydrogen-bond acceptors (Lipinski definition) is 10. The monoisotopic (exact) mass is 292 g/mol. The highest BCUT2D eigenvalue weighted by molar-refractivity contribution is 5.41. The standard InChI is InChI=1S/C10H12O10/c11-2-16-1-6-7(17-3-12)8(18-4-13)9(19-5-14)10(15)20-6/h2-10,15H,1H2/t6-,7-,8+,9-,10+/m1/s1. The summed E-state index contributed by atoms with van der Waals surface area (Å²) in [5.41, 5.74) is 0. The minimum Gasteiger partial charge on any atom is -0.465 e. The first-order valence-electron chi connectivity index (χ1n) is 5.35. The third-order valence-electron chi connectivity index (χ3n) is 2.58. The highest BCUT2D eigenvalue weighted by atomic mass is 16.7. The molecule has 112 valence electrons. The molecular weight excluding hydrogens is 280 g/mol. The van der Waals surface area contributed by atoms with Crippen LogP contribution < -0.4 is 0 Å². The molecule has 0 saturated carbocycles. The third kappa shape index (κ3) is 3.65. The van der Waals surface area contributed by atoms with Crippen LogP contribution in [0.1, 0.15) is 0 Å². The van der Waals surface area contributed by atoms with Gasteiger partial charge in [-0.15, -0.1) is 0 Å². The van der Waals surface area contributed by atoms with Gasteiger partial charge in [-0.2, -0.15) is 0 Å². The molecule has 0 aromatic carbocycles. The van der Waals surface area contributed by atoms with Crippen molar-refractivity contribution in [1.82, 2.24) is 0 Å². The lowest BCUT2D eigenvalue weighted by Crippen LogP contribution is -2.61. The molecule has 0 radical (unpaired) electrons. The number of carbonyl (C=O) groups is 4. The van der Waals surface area contributed by atoms with Crippen molar-refractivity contribution in [1.29, 1.82) is 0 Å². The zero-order chi connectivity index (χ0) is 15.0. The molecule has 1 aliphatic rings. The van der Waals surface area contributed by atoms with E-state index >= 15 is 0 Å². The average Bonchev–Trinajstić information content (AvgIpc) is 2.44. The highest BCUT2D eigenvalue weighted by Gasteiger charge is 2.50. The summed E-state index contributed by atoms with van der Waals surface area (Å²) in [6.07, 6.45) is -6.69. The molecule has 1 saturated heterocycles. The van der Waals surface area contributed by atoms with Crippen molar-refractivity contribution in [3.05, 3.63) is 0 Å². The topological polar surface area (TPSA) is 135 Å². The van der Waals surface area contributed by atoms with Crippen molar-refractivity contribution in [2.24, 2.45) is 0 Å². The summed E-state index contributed by atoms with van der Waals surface area (Å²) in [5, 5.41) is 9.66. The Morgan fingerprint density at radius 1 is 0.850 bits per heavy atom. The fourth-order valence-electron chi connectivity index (χ4n) is 1.82. The maximum Gasteiger partial charge on any atom is 0.293 e. The zero-order valence-corrected chi connectivity index (χ0v) is 10.0. The minimum absolute atomic E-state index is 0.0125. The molecule has 1 rings (SSSR count). The van der Waals surface area contributed by atoms with Gasteiger partial charge in [-0.25, -0.2) is 0 Å². The van der Waals surface area contributed by atoms with Crippen LogP contribution in [0.2, 0.25) is 0 Å². The summed E-state index contributed by atoms with van der Waals surface area (Å²) < 4.78 is 23.4. The molecule has 0 spiro atoms. The normalized spacial score (nSPS) is 32.5. The van der Waals surface area contributed by atoms with Crippen LogP contribution in [0.3, 0.4) is 0 Å². The van der Waals surface area contributed by atoms with Crippen LogP contribution in [0.4, 0.5) is 0 Å². The van der Waals surface area contributed by atoms with Crippen molar-refractivity contribution in [2.75, 3.05) is 6.61 Å². The molecule has 10 nitrogen and oxygen atoms in total. The molecule has 1 heterocycles.